The molecular weight excluding hydrogens is 432 g/mol. The molecule has 1 aliphatic rings. The van der Waals surface area contributed by atoms with Crippen LogP contribution in [-0.2, 0) is 28.7 Å². The van der Waals surface area contributed by atoms with Crippen LogP contribution in [0.25, 0.3) is 0 Å². The van der Waals surface area contributed by atoms with Crippen LogP contribution in [0, 0.1) is 23.7 Å². The third kappa shape index (κ3) is 5.80. The Labute approximate surface area is 181 Å². The number of aliphatic carboxylic acids is 4. The van der Waals surface area contributed by atoms with E-state index in [1.807, 2.05) is 0 Å². The quantitative estimate of drug-likeness (QED) is 0.404. The van der Waals surface area contributed by atoms with Crippen molar-refractivity contribution in [2.24, 2.45) is 23.7 Å². The molecule has 1 aromatic rings. The SMILES string of the molecule is CCOC(=O)c1ccccc1C(=O)OCC.O=C(O)C1C(C(=O)O)C(C(=O)O)C1C(=O)O. The van der Waals surface area contributed by atoms with Crippen molar-refractivity contribution in [2.45, 2.75) is 13.8 Å². The molecule has 0 bridgehead atoms. The lowest BCUT2D eigenvalue weighted by Crippen LogP contribution is -2.59. The maximum Gasteiger partial charge on any atom is 0.338 e. The van der Waals surface area contributed by atoms with Crippen LogP contribution in [0.5, 0.6) is 0 Å². The van der Waals surface area contributed by atoms with E-state index >= 15 is 0 Å². The summed E-state index contributed by atoms with van der Waals surface area (Å²) >= 11 is 0. The van der Waals surface area contributed by atoms with E-state index in [0.29, 0.717) is 0 Å². The summed E-state index contributed by atoms with van der Waals surface area (Å²) in [5.41, 5.74) is 0.477. The van der Waals surface area contributed by atoms with Crippen molar-refractivity contribution in [3.8, 4) is 0 Å². The molecule has 1 aromatic carbocycles. The minimum Gasteiger partial charge on any atom is -0.481 e. The van der Waals surface area contributed by atoms with Crippen molar-refractivity contribution in [3.63, 3.8) is 0 Å². The molecule has 0 saturated heterocycles. The van der Waals surface area contributed by atoms with Crippen molar-refractivity contribution >= 4 is 35.8 Å². The Morgan fingerprint density at radius 1 is 0.625 bits per heavy atom. The molecule has 0 heterocycles. The van der Waals surface area contributed by atoms with Gasteiger partial charge in [-0.3, -0.25) is 19.2 Å². The number of carboxylic acids is 4. The van der Waals surface area contributed by atoms with Gasteiger partial charge in [-0.25, -0.2) is 9.59 Å². The Kier molecular flexibility index (Phi) is 9.32. The fourth-order valence-electron chi connectivity index (χ4n) is 3.23. The van der Waals surface area contributed by atoms with Crippen molar-refractivity contribution < 1.29 is 58.7 Å². The highest BCUT2D eigenvalue weighted by Gasteiger charge is 2.64. The molecule has 0 atom stereocenters. The largest absolute Gasteiger partial charge is 0.481 e. The number of ether oxygens (including phenoxy) is 2. The minimum atomic E-state index is -1.70. The first-order chi connectivity index (χ1) is 15.0. The Hall–Kier alpha value is -3.96. The smallest absolute Gasteiger partial charge is 0.338 e. The van der Waals surface area contributed by atoms with E-state index in [1.165, 1.54) is 0 Å². The van der Waals surface area contributed by atoms with Crippen LogP contribution in [-0.4, -0.2) is 69.5 Å². The van der Waals surface area contributed by atoms with Crippen molar-refractivity contribution in [2.75, 3.05) is 13.2 Å². The molecule has 1 saturated carbocycles. The molecule has 0 aromatic heterocycles. The van der Waals surface area contributed by atoms with Gasteiger partial charge in [-0.15, -0.1) is 0 Å². The van der Waals surface area contributed by atoms with Gasteiger partial charge < -0.3 is 29.9 Å². The number of carboxylic acid groups (broad SMARTS) is 4. The van der Waals surface area contributed by atoms with Crippen LogP contribution < -0.4 is 0 Å². The third-order valence-corrected chi connectivity index (χ3v) is 4.61. The predicted molar refractivity (Wildman–Crippen MR) is 103 cm³/mol. The van der Waals surface area contributed by atoms with Gasteiger partial charge in [0.15, 0.2) is 0 Å². The number of benzene rings is 1. The van der Waals surface area contributed by atoms with E-state index in [2.05, 4.69) is 0 Å². The van der Waals surface area contributed by atoms with Gasteiger partial charge in [0.25, 0.3) is 0 Å². The molecule has 0 spiro atoms. The molecule has 0 unspecified atom stereocenters. The number of hydrogen-bond donors (Lipinski definition) is 4. The highest BCUT2D eigenvalue weighted by molar-refractivity contribution is 6.03. The number of rotatable bonds is 8. The van der Waals surface area contributed by atoms with Gasteiger partial charge in [-0.05, 0) is 26.0 Å². The summed E-state index contributed by atoms with van der Waals surface area (Å²) in [7, 11) is 0. The van der Waals surface area contributed by atoms with Crippen molar-refractivity contribution in [1.82, 2.24) is 0 Å². The second kappa shape index (κ2) is 11.4. The molecule has 32 heavy (non-hydrogen) atoms. The first-order valence-electron chi connectivity index (χ1n) is 9.33. The average molecular weight is 454 g/mol. The van der Waals surface area contributed by atoms with E-state index in [-0.39, 0.29) is 24.3 Å². The zero-order valence-electron chi connectivity index (χ0n) is 17.1. The van der Waals surface area contributed by atoms with Crippen LogP contribution in [0.4, 0.5) is 0 Å². The Morgan fingerprint density at radius 3 is 1.06 bits per heavy atom. The number of carbonyl (C=O) groups excluding carboxylic acids is 2. The highest BCUT2D eigenvalue weighted by Crippen LogP contribution is 2.47. The van der Waals surface area contributed by atoms with Crippen molar-refractivity contribution in [3.05, 3.63) is 35.4 Å². The number of hydrogen-bond acceptors (Lipinski definition) is 8. The zero-order valence-corrected chi connectivity index (χ0v) is 17.1. The van der Waals surface area contributed by atoms with Crippen LogP contribution in [0.15, 0.2) is 24.3 Å². The maximum absolute atomic E-state index is 11.5. The van der Waals surface area contributed by atoms with Gasteiger partial charge in [0.1, 0.15) is 0 Å². The second-order valence-electron chi connectivity index (χ2n) is 6.44. The summed E-state index contributed by atoms with van der Waals surface area (Å²) in [6.45, 7) is 3.97. The van der Waals surface area contributed by atoms with Gasteiger partial charge in [-0.2, -0.15) is 0 Å². The van der Waals surface area contributed by atoms with Crippen LogP contribution in [0.2, 0.25) is 0 Å². The summed E-state index contributed by atoms with van der Waals surface area (Å²) in [6, 6.07) is 6.44. The first kappa shape index (κ1) is 26.1. The van der Waals surface area contributed by atoms with Crippen molar-refractivity contribution in [1.29, 1.82) is 0 Å². The lowest BCUT2D eigenvalue weighted by atomic mass is 9.56. The predicted octanol–water partition coefficient (Wildman–Crippen LogP) is 0.843. The van der Waals surface area contributed by atoms with E-state index in [1.54, 1.807) is 38.1 Å². The van der Waals surface area contributed by atoms with E-state index < -0.39 is 59.5 Å². The second-order valence-corrected chi connectivity index (χ2v) is 6.44. The summed E-state index contributed by atoms with van der Waals surface area (Å²) in [5.74, 6) is -14.3. The molecule has 0 aliphatic heterocycles. The van der Waals surface area contributed by atoms with Gasteiger partial charge in [0, 0.05) is 0 Å². The molecule has 174 valence electrons. The van der Waals surface area contributed by atoms with Crippen LogP contribution in [0.3, 0.4) is 0 Å². The minimum absolute atomic E-state index is 0.239. The average Bonchev–Trinajstić information content (AvgIpc) is 2.66. The van der Waals surface area contributed by atoms with Gasteiger partial charge in [0.05, 0.1) is 48.0 Å². The van der Waals surface area contributed by atoms with Gasteiger partial charge in [0.2, 0.25) is 0 Å². The topological polar surface area (TPSA) is 202 Å². The summed E-state index contributed by atoms with van der Waals surface area (Å²) in [6.07, 6.45) is 0. The fourth-order valence-corrected chi connectivity index (χ4v) is 3.23. The third-order valence-electron chi connectivity index (χ3n) is 4.61. The summed E-state index contributed by atoms with van der Waals surface area (Å²) in [5, 5.41) is 34.6. The molecule has 12 heteroatoms. The molecule has 2 rings (SSSR count). The lowest BCUT2D eigenvalue weighted by molar-refractivity contribution is -0.191. The fraction of sp³-hybridized carbons (Fsp3) is 0.400. The Bertz CT molecular complexity index is 789. The number of carbonyl (C=O) groups is 6. The summed E-state index contributed by atoms with van der Waals surface area (Å²) in [4.78, 5) is 65.7. The van der Waals surface area contributed by atoms with E-state index in [4.69, 9.17) is 29.9 Å². The van der Waals surface area contributed by atoms with Crippen LogP contribution in [0.1, 0.15) is 34.6 Å². The first-order valence-corrected chi connectivity index (χ1v) is 9.33. The van der Waals surface area contributed by atoms with E-state index in [9.17, 15) is 28.8 Å². The highest BCUT2D eigenvalue weighted by atomic mass is 16.5. The van der Waals surface area contributed by atoms with Gasteiger partial charge >= 0.3 is 35.8 Å². The lowest BCUT2D eigenvalue weighted by Gasteiger charge is -2.42. The standard InChI is InChI=1S/C12H14O4.C8H8O8/c1-3-15-11(13)9-7-5-6-8-10(9)12(14)16-4-2;9-5(10)1-2(6(11)12)4(8(15)16)3(1)7(13)14/h5-8H,3-4H2,1-2H3;1-4H,(H,9,10)(H,11,12)(H,13,14)(H,15,16). The Balaban J connectivity index is 0.000000320. The molecule has 12 nitrogen and oxygen atoms in total. The molecule has 4 N–H and O–H groups in total. The van der Waals surface area contributed by atoms with Crippen LogP contribution >= 0.6 is 0 Å². The van der Waals surface area contributed by atoms with Gasteiger partial charge in [-0.1, -0.05) is 12.1 Å². The van der Waals surface area contributed by atoms with E-state index in [0.717, 1.165) is 0 Å². The Morgan fingerprint density at radius 2 is 0.875 bits per heavy atom. The molecule has 0 amide bonds. The zero-order chi connectivity index (χ0) is 24.6. The maximum atomic E-state index is 11.5. The molecular formula is C20H22O12. The molecule has 1 fully saturated rings. The molecule has 1 aliphatic carbocycles. The summed E-state index contributed by atoms with van der Waals surface area (Å²) < 4.78 is 9.70. The normalized spacial score (nSPS) is 21.1. The number of esters is 2. The monoisotopic (exact) mass is 454 g/mol. The molecule has 0 radical (unpaired) electrons.